The van der Waals surface area contributed by atoms with Gasteiger partial charge in [0.2, 0.25) is 6.79 Å². The molecule has 1 heterocycles. The summed E-state index contributed by atoms with van der Waals surface area (Å²) in [6, 6.07) is 8.15. The zero-order chi connectivity index (χ0) is 20.3. The minimum Gasteiger partial charge on any atom is -0.493 e. The second-order valence-corrected chi connectivity index (χ2v) is 7.29. The summed E-state index contributed by atoms with van der Waals surface area (Å²) in [6.45, 7) is 3.09. The first-order valence-electron chi connectivity index (χ1n) is 8.91. The van der Waals surface area contributed by atoms with Crippen molar-refractivity contribution in [2.45, 2.75) is 25.0 Å². The molecule has 1 aliphatic heterocycles. The van der Waals surface area contributed by atoms with Crippen LogP contribution in [0.1, 0.15) is 35.3 Å². The van der Waals surface area contributed by atoms with Gasteiger partial charge in [0.25, 0.3) is 0 Å². The van der Waals surface area contributed by atoms with Gasteiger partial charge >= 0.3 is 0 Å². The van der Waals surface area contributed by atoms with Gasteiger partial charge in [-0.15, -0.1) is 0 Å². The number of ether oxygens (including phenoxy) is 4. The molecule has 2 aliphatic rings. The Balaban J connectivity index is 2.00. The maximum Gasteiger partial charge on any atom is 0.231 e. The average molecular weight is 386 g/mol. The van der Waals surface area contributed by atoms with E-state index in [1.165, 1.54) is 27.2 Å². The van der Waals surface area contributed by atoms with E-state index in [2.05, 4.69) is 0 Å². The van der Waals surface area contributed by atoms with Crippen LogP contribution in [-0.2, 0) is 5.60 Å². The monoisotopic (exact) mass is 386 g/mol. The summed E-state index contributed by atoms with van der Waals surface area (Å²) in [7, 11) is 3.02. The predicted octanol–water partition coefficient (Wildman–Crippen LogP) is 2.25. The van der Waals surface area contributed by atoms with Crippen molar-refractivity contribution in [2.75, 3.05) is 21.0 Å². The molecule has 0 bridgehead atoms. The number of carbonyl (C=O) groups excluding carboxylic acids is 1. The van der Waals surface area contributed by atoms with Crippen LogP contribution in [0.3, 0.4) is 0 Å². The number of fused-ring (bicyclic) bond motifs is 2. The van der Waals surface area contributed by atoms with E-state index in [1.807, 2.05) is 0 Å². The van der Waals surface area contributed by atoms with Crippen LogP contribution in [0.25, 0.3) is 0 Å². The smallest absolute Gasteiger partial charge is 0.231 e. The fourth-order valence-electron chi connectivity index (χ4n) is 4.03. The molecule has 148 valence electrons. The number of hydrogen-bond donors (Lipinski definition) is 2. The lowest BCUT2D eigenvalue weighted by atomic mass is 9.62. The molecule has 0 amide bonds. The fraction of sp³-hybridized carbons (Fsp3) is 0.381. The molecular formula is C21H22O7. The Morgan fingerprint density at radius 3 is 2.32 bits per heavy atom. The van der Waals surface area contributed by atoms with E-state index in [9.17, 15) is 15.0 Å². The molecule has 0 spiro atoms. The zero-order valence-corrected chi connectivity index (χ0v) is 16.1. The molecule has 0 radical (unpaired) electrons. The molecule has 2 aromatic carbocycles. The molecule has 2 aromatic rings. The Bertz CT molecular complexity index is 965. The molecule has 7 heteroatoms. The first-order chi connectivity index (χ1) is 13.2. The van der Waals surface area contributed by atoms with Gasteiger partial charge in [-0.3, -0.25) is 4.79 Å². The number of methoxy groups -OCH3 is 2. The summed E-state index contributed by atoms with van der Waals surface area (Å²) in [4.78, 5) is 13.0. The first kappa shape index (κ1) is 18.6. The van der Waals surface area contributed by atoms with E-state index >= 15 is 0 Å². The lowest BCUT2D eigenvalue weighted by Gasteiger charge is -2.47. The molecule has 0 fully saturated rings. The van der Waals surface area contributed by atoms with Gasteiger partial charge in [0.15, 0.2) is 28.8 Å². The van der Waals surface area contributed by atoms with Crippen molar-refractivity contribution in [3.05, 3.63) is 47.0 Å². The van der Waals surface area contributed by atoms with Crippen LogP contribution in [-0.4, -0.2) is 42.6 Å². The summed E-state index contributed by atoms with van der Waals surface area (Å²) in [5, 5.41) is 22.9. The van der Waals surface area contributed by atoms with Crippen molar-refractivity contribution in [1.29, 1.82) is 0 Å². The predicted molar refractivity (Wildman–Crippen MR) is 99.2 cm³/mol. The standard InChI is InChI=1S/C21H22O7/c1-11-20(2,23)19(22)13-8-17-18(28-10-27-17)9-14(13)21(11,24)12-5-6-15(25-3)16(7-12)26-4/h5-9,11,23-24H,10H2,1-4H3/t11-,20-,21+/m1/s1. The lowest BCUT2D eigenvalue weighted by Crippen LogP contribution is -2.56. The number of benzene rings is 2. The highest BCUT2D eigenvalue weighted by Crippen LogP contribution is 2.52. The Morgan fingerprint density at radius 1 is 1.04 bits per heavy atom. The summed E-state index contributed by atoms with van der Waals surface area (Å²) >= 11 is 0. The molecule has 28 heavy (non-hydrogen) atoms. The van der Waals surface area contributed by atoms with Gasteiger partial charge in [0, 0.05) is 17.0 Å². The van der Waals surface area contributed by atoms with Crippen LogP contribution < -0.4 is 18.9 Å². The molecule has 0 aromatic heterocycles. The number of aliphatic hydroxyl groups is 2. The topological polar surface area (TPSA) is 94.5 Å². The van der Waals surface area contributed by atoms with Crippen molar-refractivity contribution >= 4 is 5.78 Å². The molecular weight excluding hydrogens is 364 g/mol. The Hall–Kier alpha value is -2.77. The van der Waals surface area contributed by atoms with E-state index in [4.69, 9.17) is 18.9 Å². The minimum absolute atomic E-state index is 0.0349. The number of ketones is 1. The van der Waals surface area contributed by atoms with Crippen molar-refractivity contribution in [3.63, 3.8) is 0 Å². The van der Waals surface area contributed by atoms with Crippen molar-refractivity contribution < 1.29 is 34.0 Å². The van der Waals surface area contributed by atoms with Gasteiger partial charge in [-0.1, -0.05) is 13.0 Å². The summed E-state index contributed by atoms with van der Waals surface area (Å²) < 4.78 is 21.5. The number of rotatable bonds is 3. The van der Waals surface area contributed by atoms with Gasteiger partial charge < -0.3 is 29.2 Å². The third-order valence-electron chi connectivity index (χ3n) is 5.92. The third kappa shape index (κ3) is 2.33. The van der Waals surface area contributed by atoms with Crippen LogP contribution in [0.15, 0.2) is 30.3 Å². The summed E-state index contributed by atoms with van der Waals surface area (Å²) in [5.74, 6) is 0.467. The molecule has 0 saturated carbocycles. The van der Waals surface area contributed by atoms with Gasteiger partial charge in [0.1, 0.15) is 11.2 Å². The molecule has 0 saturated heterocycles. The molecule has 4 rings (SSSR count). The van der Waals surface area contributed by atoms with Gasteiger partial charge in [-0.25, -0.2) is 0 Å². The molecule has 7 nitrogen and oxygen atoms in total. The van der Waals surface area contributed by atoms with Crippen molar-refractivity contribution in [1.82, 2.24) is 0 Å². The van der Waals surface area contributed by atoms with Crippen LogP contribution >= 0.6 is 0 Å². The first-order valence-corrected chi connectivity index (χ1v) is 8.91. The number of hydrogen-bond acceptors (Lipinski definition) is 7. The second-order valence-electron chi connectivity index (χ2n) is 7.29. The quantitative estimate of drug-likeness (QED) is 0.835. The lowest BCUT2D eigenvalue weighted by molar-refractivity contribution is -0.0819. The summed E-state index contributed by atoms with van der Waals surface area (Å²) in [5.41, 5.74) is -2.45. The van der Waals surface area contributed by atoms with Crippen LogP contribution in [0.2, 0.25) is 0 Å². The van der Waals surface area contributed by atoms with Crippen LogP contribution in [0, 0.1) is 5.92 Å². The normalized spacial score (nSPS) is 28.1. The Kier molecular flexibility index (Phi) is 4.06. The van der Waals surface area contributed by atoms with E-state index in [1.54, 1.807) is 31.2 Å². The van der Waals surface area contributed by atoms with E-state index in [0.717, 1.165) is 0 Å². The van der Waals surface area contributed by atoms with Crippen LogP contribution in [0.4, 0.5) is 0 Å². The van der Waals surface area contributed by atoms with E-state index in [-0.39, 0.29) is 12.4 Å². The van der Waals surface area contributed by atoms with E-state index in [0.29, 0.717) is 34.1 Å². The molecule has 3 atom stereocenters. The highest BCUT2D eigenvalue weighted by Gasteiger charge is 2.56. The van der Waals surface area contributed by atoms with Gasteiger partial charge in [-0.05, 0) is 36.8 Å². The highest BCUT2D eigenvalue weighted by atomic mass is 16.7. The largest absolute Gasteiger partial charge is 0.493 e. The zero-order valence-electron chi connectivity index (χ0n) is 16.1. The SMILES string of the molecule is COc1ccc([C@]2(O)c3cc4c(cc3C(=O)[C@](C)(O)[C@H]2C)OCO4)cc1OC. The molecule has 0 unspecified atom stereocenters. The van der Waals surface area contributed by atoms with Gasteiger partial charge in [-0.2, -0.15) is 0 Å². The second kappa shape index (κ2) is 6.12. The number of carbonyl (C=O) groups is 1. The van der Waals surface area contributed by atoms with Crippen molar-refractivity contribution in [3.8, 4) is 23.0 Å². The Morgan fingerprint density at radius 2 is 1.68 bits per heavy atom. The highest BCUT2D eigenvalue weighted by molar-refractivity contribution is 6.06. The average Bonchev–Trinajstić information content (AvgIpc) is 3.17. The maximum atomic E-state index is 13.0. The van der Waals surface area contributed by atoms with Gasteiger partial charge in [0.05, 0.1) is 14.2 Å². The fourth-order valence-corrected chi connectivity index (χ4v) is 4.03. The minimum atomic E-state index is -1.79. The maximum absolute atomic E-state index is 13.0. The summed E-state index contributed by atoms with van der Waals surface area (Å²) in [6.07, 6.45) is 0. The van der Waals surface area contributed by atoms with Crippen molar-refractivity contribution in [2.24, 2.45) is 5.92 Å². The third-order valence-corrected chi connectivity index (χ3v) is 5.92. The molecule has 2 N–H and O–H groups in total. The van der Waals surface area contributed by atoms with Crippen LogP contribution in [0.5, 0.6) is 23.0 Å². The number of Topliss-reactive ketones (excluding diaryl/α,β-unsaturated/α-hetero) is 1. The van der Waals surface area contributed by atoms with E-state index < -0.39 is 22.9 Å². The molecule has 1 aliphatic carbocycles. The Labute approximate surface area is 162 Å².